The van der Waals surface area contributed by atoms with Gasteiger partial charge in [0.15, 0.2) is 0 Å². The monoisotopic (exact) mass is 411 g/mol. The Kier molecular flexibility index (Phi) is 10.1. The van der Waals surface area contributed by atoms with E-state index in [0.717, 1.165) is 39.0 Å². The Hall–Kier alpha value is -0.110. The third-order valence-corrected chi connectivity index (χ3v) is 6.17. The highest BCUT2D eigenvalue weighted by atomic mass is 35.5. The van der Waals surface area contributed by atoms with Gasteiger partial charge in [0.1, 0.15) is 6.04 Å². The Balaban J connectivity index is 0.00000169. The summed E-state index contributed by atoms with van der Waals surface area (Å²) < 4.78 is 11.1. The number of nitrogens with zero attached hydrogens (tertiary/aromatic N) is 1. The van der Waals surface area contributed by atoms with Crippen LogP contribution in [-0.2, 0) is 14.3 Å². The summed E-state index contributed by atoms with van der Waals surface area (Å²) in [7, 11) is 1.81. The van der Waals surface area contributed by atoms with E-state index in [4.69, 9.17) is 9.47 Å². The normalized spacial score (nSPS) is 29.5. The summed E-state index contributed by atoms with van der Waals surface area (Å²) in [6.45, 7) is 6.32. The molecule has 3 aliphatic rings. The van der Waals surface area contributed by atoms with Crippen LogP contribution in [0.2, 0.25) is 0 Å². The van der Waals surface area contributed by atoms with Crippen LogP contribution in [0.25, 0.3) is 0 Å². The highest BCUT2D eigenvalue weighted by Crippen LogP contribution is 2.36. The van der Waals surface area contributed by atoms with E-state index in [1.54, 1.807) is 0 Å². The average Bonchev–Trinajstić information content (AvgIpc) is 3.10. The molecule has 0 spiro atoms. The predicted octanol–water partition coefficient (Wildman–Crippen LogP) is 1.75. The van der Waals surface area contributed by atoms with Crippen molar-refractivity contribution in [3.8, 4) is 0 Å². The number of nitrogens with one attached hydrogen (secondary N) is 2. The minimum Gasteiger partial charge on any atom is -0.381 e. The highest BCUT2D eigenvalue weighted by molar-refractivity contribution is 5.85. The van der Waals surface area contributed by atoms with E-state index in [0.29, 0.717) is 12.7 Å². The number of rotatable bonds is 5. The van der Waals surface area contributed by atoms with Crippen LogP contribution >= 0.6 is 24.8 Å². The van der Waals surface area contributed by atoms with Crippen molar-refractivity contribution in [1.82, 2.24) is 15.5 Å². The van der Waals surface area contributed by atoms with E-state index in [1.165, 1.54) is 25.7 Å². The molecule has 1 amide bonds. The summed E-state index contributed by atoms with van der Waals surface area (Å²) in [5.41, 5.74) is 0.146. The predicted molar refractivity (Wildman–Crippen MR) is 108 cm³/mol. The minimum atomic E-state index is -0.226. The fourth-order valence-electron chi connectivity index (χ4n) is 4.59. The molecule has 2 saturated heterocycles. The van der Waals surface area contributed by atoms with Gasteiger partial charge in [0.25, 0.3) is 0 Å². The topological polar surface area (TPSA) is 62.8 Å². The van der Waals surface area contributed by atoms with Gasteiger partial charge in [-0.05, 0) is 32.6 Å². The lowest BCUT2D eigenvalue weighted by atomic mass is 9.91. The van der Waals surface area contributed by atoms with Gasteiger partial charge in [-0.3, -0.25) is 9.69 Å². The van der Waals surface area contributed by atoms with E-state index >= 15 is 0 Å². The molecule has 2 heterocycles. The first kappa shape index (κ1) is 23.9. The summed E-state index contributed by atoms with van der Waals surface area (Å²) in [5, 5.41) is 6.52. The molecule has 2 aliphatic heterocycles. The second-order valence-corrected chi connectivity index (χ2v) is 7.58. The average molecular weight is 412 g/mol. The van der Waals surface area contributed by atoms with Gasteiger partial charge in [0.2, 0.25) is 5.91 Å². The van der Waals surface area contributed by atoms with Crippen molar-refractivity contribution in [3.05, 3.63) is 0 Å². The molecular formula is C18H35Cl2N3O3. The Morgan fingerprint density at radius 3 is 2.50 bits per heavy atom. The molecule has 0 radical (unpaired) electrons. The molecule has 8 heteroatoms. The Labute approximate surface area is 169 Å². The lowest BCUT2D eigenvalue weighted by Gasteiger charge is -2.45. The zero-order valence-corrected chi connectivity index (χ0v) is 17.6. The quantitative estimate of drug-likeness (QED) is 0.721. The molecule has 26 heavy (non-hydrogen) atoms. The van der Waals surface area contributed by atoms with Crippen molar-refractivity contribution in [2.75, 3.05) is 39.9 Å². The number of methoxy groups -OCH3 is 1. The molecule has 0 aromatic carbocycles. The Morgan fingerprint density at radius 1 is 1.27 bits per heavy atom. The second-order valence-electron chi connectivity index (χ2n) is 7.58. The summed E-state index contributed by atoms with van der Waals surface area (Å²) in [4.78, 5) is 15.2. The summed E-state index contributed by atoms with van der Waals surface area (Å²) in [6.07, 6.45) is 7.45. The summed E-state index contributed by atoms with van der Waals surface area (Å²) in [6, 6.07) is -0.226. The van der Waals surface area contributed by atoms with Gasteiger partial charge < -0.3 is 20.1 Å². The fourth-order valence-corrected chi connectivity index (χ4v) is 4.59. The van der Waals surface area contributed by atoms with Gasteiger partial charge in [0.05, 0.1) is 18.8 Å². The van der Waals surface area contributed by atoms with Gasteiger partial charge in [-0.15, -0.1) is 24.8 Å². The molecule has 0 bridgehead atoms. The largest absolute Gasteiger partial charge is 0.381 e. The molecule has 0 unspecified atom stereocenters. The van der Waals surface area contributed by atoms with Crippen LogP contribution in [0.4, 0.5) is 0 Å². The molecule has 0 aromatic rings. The SMILES string of the molecule is COC1CCN(C2(CNC(=O)[C@H]3NCCO[C@@H]3C)CCCC2)CC1.Cl.Cl. The molecule has 2 N–H and O–H groups in total. The van der Waals surface area contributed by atoms with Crippen molar-refractivity contribution >= 4 is 30.7 Å². The zero-order chi connectivity index (χ0) is 17.0. The van der Waals surface area contributed by atoms with Crippen LogP contribution in [0.1, 0.15) is 45.4 Å². The van der Waals surface area contributed by atoms with Gasteiger partial charge in [-0.2, -0.15) is 0 Å². The number of morpholine rings is 1. The second kappa shape index (κ2) is 11.0. The lowest BCUT2D eigenvalue weighted by Crippen LogP contribution is -2.60. The third-order valence-electron chi connectivity index (χ3n) is 6.17. The lowest BCUT2D eigenvalue weighted by molar-refractivity contribution is -0.129. The van der Waals surface area contributed by atoms with Crippen molar-refractivity contribution in [1.29, 1.82) is 0 Å². The Morgan fingerprint density at radius 2 is 1.92 bits per heavy atom. The van der Waals surface area contributed by atoms with Crippen LogP contribution in [0.3, 0.4) is 0 Å². The van der Waals surface area contributed by atoms with E-state index in [-0.39, 0.29) is 48.4 Å². The number of amides is 1. The van der Waals surface area contributed by atoms with Gasteiger partial charge in [-0.1, -0.05) is 12.8 Å². The van der Waals surface area contributed by atoms with Gasteiger partial charge in [-0.25, -0.2) is 0 Å². The number of likely N-dealkylation sites (tertiary alicyclic amines) is 1. The standard InChI is InChI=1S/C18H33N3O3.2ClH/c1-14-16(19-9-12-24-14)17(22)20-13-18(7-3-4-8-18)21-10-5-15(23-2)6-11-21;;/h14-16,19H,3-13H2,1-2H3,(H,20,22);2*1H/t14-,16+;;/m1../s1. The fraction of sp³-hybridized carbons (Fsp3) is 0.944. The van der Waals surface area contributed by atoms with Crippen LogP contribution in [0, 0.1) is 0 Å². The highest BCUT2D eigenvalue weighted by Gasteiger charge is 2.41. The number of piperidine rings is 1. The Bertz CT molecular complexity index is 428. The first-order chi connectivity index (χ1) is 11.6. The maximum absolute atomic E-state index is 12.6. The van der Waals surface area contributed by atoms with Crippen molar-refractivity contribution < 1.29 is 14.3 Å². The number of carbonyl (C=O) groups excluding carboxylic acids is 1. The molecule has 1 aliphatic carbocycles. The van der Waals surface area contributed by atoms with Gasteiger partial charge in [0, 0.05) is 38.8 Å². The van der Waals surface area contributed by atoms with E-state index < -0.39 is 0 Å². The van der Waals surface area contributed by atoms with Crippen molar-refractivity contribution in [3.63, 3.8) is 0 Å². The number of hydrogen-bond donors (Lipinski definition) is 2. The minimum absolute atomic E-state index is 0. The van der Waals surface area contributed by atoms with E-state index in [9.17, 15) is 4.79 Å². The molecule has 154 valence electrons. The third kappa shape index (κ3) is 5.46. The van der Waals surface area contributed by atoms with Crippen molar-refractivity contribution in [2.45, 2.75) is 69.2 Å². The van der Waals surface area contributed by atoms with Crippen molar-refractivity contribution in [2.24, 2.45) is 0 Å². The number of ether oxygens (including phenoxy) is 2. The number of carbonyl (C=O) groups is 1. The molecule has 2 atom stereocenters. The molecule has 1 saturated carbocycles. The molecule has 0 aromatic heterocycles. The molecule has 3 rings (SSSR count). The van der Waals surface area contributed by atoms with Crippen LogP contribution in [-0.4, -0.2) is 74.5 Å². The van der Waals surface area contributed by atoms with Gasteiger partial charge >= 0.3 is 0 Å². The maximum Gasteiger partial charge on any atom is 0.239 e. The number of hydrogen-bond acceptors (Lipinski definition) is 5. The van der Waals surface area contributed by atoms with E-state index in [1.807, 2.05) is 14.0 Å². The van der Waals surface area contributed by atoms with Crippen LogP contribution in [0.15, 0.2) is 0 Å². The molecule has 3 fully saturated rings. The van der Waals surface area contributed by atoms with E-state index in [2.05, 4.69) is 15.5 Å². The summed E-state index contributed by atoms with van der Waals surface area (Å²) >= 11 is 0. The van der Waals surface area contributed by atoms with Crippen LogP contribution < -0.4 is 10.6 Å². The first-order valence-corrected chi connectivity index (χ1v) is 9.55. The maximum atomic E-state index is 12.6. The number of halogens is 2. The smallest absolute Gasteiger partial charge is 0.239 e. The first-order valence-electron chi connectivity index (χ1n) is 9.55. The van der Waals surface area contributed by atoms with Crippen LogP contribution in [0.5, 0.6) is 0 Å². The summed E-state index contributed by atoms with van der Waals surface area (Å²) in [5.74, 6) is 0.0836. The molecular weight excluding hydrogens is 377 g/mol. The molecule has 6 nitrogen and oxygen atoms in total. The zero-order valence-electron chi connectivity index (χ0n) is 16.0.